The lowest BCUT2D eigenvalue weighted by Gasteiger charge is -2.32. The molecule has 0 spiro atoms. The molecule has 0 aromatic heterocycles. The van der Waals surface area contributed by atoms with Gasteiger partial charge in [0.1, 0.15) is 17.6 Å². The predicted molar refractivity (Wildman–Crippen MR) is 83.9 cm³/mol. The molecule has 0 saturated heterocycles. The summed E-state index contributed by atoms with van der Waals surface area (Å²) in [6, 6.07) is 11.4. The molecule has 0 fully saturated rings. The molecule has 4 nitrogen and oxygen atoms in total. The van der Waals surface area contributed by atoms with Gasteiger partial charge < -0.3 is 19.3 Å². The van der Waals surface area contributed by atoms with Gasteiger partial charge in [-0.1, -0.05) is 19.1 Å². The standard InChI is InChI=1S/C18H20O4/c1-11-8-13-9-15(19)17(21-3)10-16(13)22-18(11)12-4-6-14(20-2)7-5-12/h4-7,9-11,18-19H,8H2,1-3H3. The van der Waals surface area contributed by atoms with Gasteiger partial charge in [-0.3, -0.25) is 0 Å². The molecule has 3 rings (SSSR count). The third-order valence-corrected chi connectivity index (χ3v) is 4.12. The van der Waals surface area contributed by atoms with Crippen LogP contribution in [-0.4, -0.2) is 19.3 Å². The highest BCUT2D eigenvalue weighted by atomic mass is 16.5. The number of hydrogen-bond donors (Lipinski definition) is 1. The van der Waals surface area contributed by atoms with Gasteiger partial charge in [-0.25, -0.2) is 0 Å². The number of ether oxygens (including phenoxy) is 3. The number of rotatable bonds is 3. The molecule has 1 N–H and O–H groups in total. The minimum Gasteiger partial charge on any atom is -0.504 e. The van der Waals surface area contributed by atoms with E-state index in [1.807, 2.05) is 24.3 Å². The van der Waals surface area contributed by atoms with Crippen LogP contribution in [0.5, 0.6) is 23.0 Å². The molecule has 1 heterocycles. The maximum absolute atomic E-state index is 9.90. The Balaban J connectivity index is 1.92. The van der Waals surface area contributed by atoms with Crippen LogP contribution in [0.15, 0.2) is 36.4 Å². The minimum absolute atomic E-state index is 0.0207. The lowest BCUT2D eigenvalue weighted by molar-refractivity contribution is 0.122. The highest BCUT2D eigenvalue weighted by Crippen LogP contribution is 2.43. The van der Waals surface area contributed by atoms with Crippen molar-refractivity contribution < 1.29 is 19.3 Å². The van der Waals surface area contributed by atoms with Gasteiger partial charge in [0.15, 0.2) is 11.5 Å². The second-order valence-electron chi connectivity index (χ2n) is 5.62. The van der Waals surface area contributed by atoms with E-state index in [4.69, 9.17) is 14.2 Å². The summed E-state index contributed by atoms with van der Waals surface area (Å²) in [6.45, 7) is 2.15. The summed E-state index contributed by atoms with van der Waals surface area (Å²) in [5.41, 5.74) is 2.13. The Labute approximate surface area is 130 Å². The van der Waals surface area contributed by atoms with Gasteiger partial charge in [0.25, 0.3) is 0 Å². The molecule has 116 valence electrons. The van der Waals surface area contributed by atoms with Gasteiger partial charge >= 0.3 is 0 Å². The Morgan fingerprint density at radius 2 is 1.82 bits per heavy atom. The van der Waals surface area contributed by atoms with Gasteiger partial charge in [0.05, 0.1) is 14.2 Å². The summed E-state index contributed by atoms with van der Waals surface area (Å²) in [6.07, 6.45) is 0.830. The molecule has 2 aromatic carbocycles. The van der Waals surface area contributed by atoms with Crippen LogP contribution in [0, 0.1) is 5.92 Å². The van der Waals surface area contributed by atoms with E-state index in [9.17, 15) is 5.11 Å². The highest BCUT2D eigenvalue weighted by Gasteiger charge is 2.29. The molecule has 0 amide bonds. The Hall–Kier alpha value is -2.36. The van der Waals surface area contributed by atoms with Crippen molar-refractivity contribution in [3.8, 4) is 23.0 Å². The summed E-state index contributed by atoms with van der Waals surface area (Å²) < 4.78 is 16.5. The largest absolute Gasteiger partial charge is 0.504 e. The summed E-state index contributed by atoms with van der Waals surface area (Å²) in [7, 11) is 3.19. The van der Waals surface area contributed by atoms with Crippen molar-refractivity contribution in [1.29, 1.82) is 0 Å². The van der Waals surface area contributed by atoms with Crippen LogP contribution in [0.3, 0.4) is 0 Å². The van der Waals surface area contributed by atoms with E-state index in [2.05, 4.69) is 6.92 Å². The number of methoxy groups -OCH3 is 2. The van der Waals surface area contributed by atoms with Crippen LogP contribution in [0.4, 0.5) is 0 Å². The third kappa shape index (κ3) is 2.56. The summed E-state index contributed by atoms with van der Waals surface area (Å²) in [5.74, 6) is 2.50. The quantitative estimate of drug-likeness (QED) is 0.938. The smallest absolute Gasteiger partial charge is 0.164 e. The van der Waals surface area contributed by atoms with Crippen LogP contribution < -0.4 is 14.2 Å². The zero-order valence-electron chi connectivity index (χ0n) is 13.0. The number of phenols is 1. The van der Waals surface area contributed by atoms with Gasteiger partial charge in [-0.2, -0.15) is 0 Å². The fourth-order valence-electron chi connectivity index (χ4n) is 2.92. The van der Waals surface area contributed by atoms with E-state index in [1.165, 1.54) is 7.11 Å². The van der Waals surface area contributed by atoms with Crippen LogP contribution in [-0.2, 0) is 6.42 Å². The van der Waals surface area contributed by atoms with Crippen molar-refractivity contribution in [1.82, 2.24) is 0 Å². The van der Waals surface area contributed by atoms with Crippen LogP contribution >= 0.6 is 0 Å². The first kappa shape index (κ1) is 14.6. The van der Waals surface area contributed by atoms with Gasteiger partial charge in [0.2, 0.25) is 0 Å². The summed E-state index contributed by atoms with van der Waals surface area (Å²) in [4.78, 5) is 0. The van der Waals surface area contributed by atoms with E-state index in [1.54, 1.807) is 19.2 Å². The second kappa shape index (κ2) is 5.79. The Kier molecular flexibility index (Phi) is 3.84. The van der Waals surface area contributed by atoms with E-state index in [0.29, 0.717) is 11.7 Å². The van der Waals surface area contributed by atoms with Crippen molar-refractivity contribution in [3.63, 3.8) is 0 Å². The molecule has 0 saturated carbocycles. The zero-order chi connectivity index (χ0) is 15.7. The van der Waals surface area contributed by atoms with Crippen LogP contribution in [0.1, 0.15) is 24.2 Å². The van der Waals surface area contributed by atoms with Crippen LogP contribution in [0.2, 0.25) is 0 Å². The first-order valence-electron chi connectivity index (χ1n) is 7.33. The molecule has 2 aromatic rings. The summed E-state index contributed by atoms with van der Waals surface area (Å²) >= 11 is 0. The van der Waals surface area contributed by atoms with Crippen molar-refractivity contribution >= 4 is 0 Å². The van der Waals surface area contributed by atoms with Gasteiger partial charge in [-0.15, -0.1) is 0 Å². The molecule has 2 unspecified atom stereocenters. The first-order valence-corrected chi connectivity index (χ1v) is 7.33. The lowest BCUT2D eigenvalue weighted by atomic mass is 9.88. The number of aromatic hydroxyl groups is 1. The average molecular weight is 300 g/mol. The maximum Gasteiger partial charge on any atom is 0.164 e. The second-order valence-corrected chi connectivity index (χ2v) is 5.62. The monoisotopic (exact) mass is 300 g/mol. The van der Waals surface area contributed by atoms with Crippen LogP contribution in [0.25, 0.3) is 0 Å². The van der Waals surface area contributed by atoms with Crippen molar-refractivity contribution in [2.75, 3.05) is 14.2 Å². The van der Waals surface area contributed by atoms with E-state index < -0.39 is 0 Å². The van der Waals surface area contributed by atoms with Crippen molar-refractivity contribution in [2.24, 2.45) is 5.92 Å². The molecule has 0 radical (unpaired) electrons. The lowest BCUT2D eigenvalue weighted by Crippen LogP contribution is -2.23. The molecular formula is C18H20O4. The Morgan fingerprint density at radius 3 is 2.45 bits per heavy atom. The molecule has 0 bridgehead atoms. The number of hydrogen-bond acceptors (Lipinski definition) is 4. The predicted octanol–water partition coefficient (Wildman–Crippen LogP) is 3.72. The molecule has 1 aliphatic heterocycles. The number of benzene rings is 2. The average Bonchev–Trinajstić information content (AvgIpc) is 2.54. The van der Waals surface area contributed by atoms with Gasteiger partial charge in [-0.05, 0) is 35.7 Å². The molecule has 22 heavy (non-hydrogen) atoms. The van der Waals surface area contributed by atoms with E-state index in [0.717, 1.165) is 29.0 Å². The fourth-order valence-corrected chi connectivity index (χ4v) is 2.92. The minimum atomic E-state index is -0.0207. The number of fused-ring (bicyclic) bond motifs is 1. The summed E-state index contributed by atoms with van der Waals surface area (Å²) in [5, 5.41) is 9.90. The SMILES string of the molecule is COc1ccc(C2Oc3cc(OC)c(O)cc3CC2C)cc1. The normalized spacial score (nSPS) is 20.0. The van der Waals surface area contributed by atoms with E-state index >= 15 is 0 Å². The van der Waals surface area contributed by atoms with Crippen molar-refractivity contribution in [2.45, 2.75) is 19.4 Å². The Morgan fingerprint density at radius 1 is 1.09 bits per heavy atom. The van der Waals surface area contributed by atoms with E-state index in [-0.39, 0.29) is 11.9 Å². The number of phenolic OH excluding ortho intramolecular Hbond substituents is 1. The maximum atomic E-state index is 9.90. The molecule has 0 aliphatic carbocycles. The zero-order valence-corrected chi connectivity index (χ0v) is 13.0. The topological polar surface area (TPSA) is 47.9 Å². The first-order chi connectivity index (χ1) is 10.6. The highest BCUT2D eigenvalue weighted by molar-refractivity contribution is 5.51. The fraction of sp³-hybridized carbons (Fsp3) is 0.333. The Bertz CT molecular complexity index is 664. The van der Waals surface area contributed by atoms with Gasteiger partial charge in [0, 0.05) is 12.0 Å². The third-order valence-electron chi connectivity index (χ3n) is 4.12. The molecule has 2 atom stereocenters. The molecule has 4 heteroatoms. The molecular weight excluding hydrogens is 280 g/mol. The van der Waals surface area contributed by atoms with Crippen molar-refractivity contribution in [3.05, 3.63) is 47.5 Å². The molecule has 1 aliphatic rings.